The minimum absolute atomic E-state index is 0.0620. The number of carbonyl (C=O) groups excluding carboxylic acids is 1. The van der Waals surface area contributed by atoms with Gasteiger partial charge in [0.25, 0.3) is 5.91 Å². The summed E-state index contributed by atoms with van der Waals surface area (Å²) in [4.78, 5) is 16.7. The first-order valence-corrected chi connectivity index (χ1v) is 11.2. The summed E-state index contributed by atoms with van der Waals surface area (Å²) in [6.45, 7) is 5.81. The van der Waals surface area contributed by atoms with Crippen LogP contribution in [0.2, 0.25) is 0 Å². The Kier molecular flexibility index (Phi) is 6.78. The Labute approximate surface area is 185 Å². The summed E-state index contributed by atoms with van der Waals surface area (Å²) in [5.74, 6) is 0.410. The minimum atomic E-state index is -0.0620. The van der Waals surface area contributed by atoms with Crippen molar-refractivity contribution in [3.8, 4) is 11.1 Å². The van der Waals surface area contributed by atoms with Gasteiger partial charge < -0.3 is 10.6 Å². The van der Waals surface area contributed by atoms with Crippen LogP contribution < -0.4 is 10.6 Å². The topological polar surface area (TPSA) is 54.0 Å². The second-order valence-corrected chi connectivity index (χ2v) is 8.64. The molecule has 0 bridgehead atoms. The molecule has 0 fully saturated rings. The standard InChI is InChI=1S/C27H31N3O/c1-3-19(2)15-30-27(31)25-12-24(17-28-18-25)21-10-8-20(9-11-21)16-29-26-13-22-6-4-5-7-23(22)14-26/h4-12,17-19,26,29H,3,13-16H2,1-2H3,(H,30,31)/t19-/m0/s1. The van der Waals surface area contributed by atoms with Crippen molar-refractivity contribution >= 4 is 5.91 Å². The molecule has 4 nitrogen and oxygen atoms in total. The molecule has 160 valence electrons. The molecule has 0 spiro atoms. The third-order valence-electron chi connectivity index (χ3n) is 6.24. The van der Waals surface area contributed by atoms with E-state index in [9.17, 15) is 4.79 Å². The predicted octanol–water partition coefficient (Wildman–Crippen LogP) is 4.78. The lowest BCUT2D eigenvalue weighted by Crippen LogP contribution is -2.28. The summed E-state index contributed by atoms with van der Waals surface area (Å²) in [6, 6.07) is 19.7. The van der Waals surface area contributed by atoms with Gasteiger partial charge in [-0.3, -0.25) is 9.78 Å². The number of hydrogen-bond acceptors (Lipinski definition) is 3. The molecule has 4 rings (SSSR count). The molecule has 0 unspecified atom stereocenters. The molecule has 1 aliphatic rings. The zero-order valence-corrected chi connectivity index (χ0v) is 18.4. The zero-order valence-electron chi connectivity index (χ0n) is 18.4. The summed E-state index contributed by atoms with van der Waals surface area (Å²) in [5, 5.41) is 6.69. The summed E-state index contributed by atoms with van der Waals surface area (Å²) in [5.41, 5.74) is 6.83. The Balaban J connectivity index is 1.34. The number of rotatable bonds is 8. The van der Waals surface area contributed by atoms with E-state index in [-0.39, 0.29) is 5.91 Å². The van der Waals surface area contributed by atoms with Crippen LogP contribution in [-0.4, -0.2) is 23.5 Å². The molecule has 2 N–H and O–H groups in total. The number of amides is 1. The Bertz CT molecular complexity index is 1000. The van der Waals surface area contributed by atoms with Crippen LogP contribution in [0.25, 0.3) is 11.1 Å². The van der Waals surface area contributed by atoms with Crippen LogP contribution in [0.1, 0.15) is 47.3 Å². The van der Waals surface area contributed by atoms with Crippen molar-refractivity contribution in [1.29, 1.82) is 0 Å². The molecule has 1 aromatic heterocycles. The third kappa shape index (κ3) is 5.39. The lowest BCUT2D eigenvalue weighted by molar-refractivity contribution is 0.0947. The number of aromatic nitrogens is 1. The van der Waals surface area contributed by atoms with E-state index in [1.54, 1.807) is 6.20 Å². The van der Waals surface area contributed by atoms with Gasteiger partial charge in [0.05, 0.1) is 5.56 Å². The highest BCUT2D eigenvalue weighted by molar-refractivity contribution is 5.95. The van der Waals surface area contributed by atoms with E-state index in [1.165, 1.54) is 16.7 Å². The monoisotopic (exact) mass is 413 g/mol. The van der Waals surface area contributed by atoms with Gasteiger partial charge in [0.1, 0.15) is 0 Å². The van der Waals surface area contributed by atoms with Crippen LogP contribution >= 0.6 is 0 Å². The van der Waals surface area contributed by atoms with Gasteiger partial charge in [-0.15, -0.1) is 0 Å². The number of pyridine rings is 1. The van der Waals surface area contributed by atoms with Gasteiger partial charge in [0.15, 0.2) is 0 Å². The lowest BCUT2D eigenvalue weighted by atomic mass is 10.0. The van der Waals surface area contributed by atoms with Crippen LogP contribution in [0.3, 0.4) is 0 Å². The second-order valence-electron chi connectivity index (χ2n) is 8.64. The summed E-state index contributed by atoms with van der Waals surface area (Å²) in [6.07, 6.45) is 6.70. The molecule has 4 heteroatoms. The molecule has 31 heavy (non-hydrogen) atoms. The molecule has 0 radical (unpaired) electrons. The van der Waals surface area contributed by atoms with Gasteiger partial charge in [0, 0.05) is 37.1 Å². The van der Waals surface area contributed by atoms with Crippen molar-refractivity contribution in [1.82, 2.24) is 15.6 Å². The Hall–Kier alpha value is -2.98. The van der Waals surface area contributed by atoms with Gasteiger partial charge in [-0.25, -0.2) is 0 Å². The third-order valence-corrected chi connectivity index (χ3v) is 6.24. The van der Waals surface area contributed by atoms with Crippen molar-refractivity contribution in [2.45, 2.75) is 45.7 Å². The smallest absolute Gasteiger partial charge is 0.252 e. The summed E-state index contributed by atoms with van der Waals surface area (Å²) >= 11 is 0. The first kappa shape index (κ1) is 21.3. The maximum atomic E-state index is 12.4. The molecular formula is C27H31N3O. The molecule has 2 aromatic carbocycles. The highest BCUT2D eigenvalue weighted by Crippen LogP contribution is 2.23. The largest absolute Gasteiger partial charge is 0.352 e. The highest BCUT2D eigenvalue weighted by Gasteiger charge is 2.20. The van der Waals surface area contributed by atoms with Crippen molar-refractivity contribution in [3.05, 3.63) is 89.2 Å². The van der Waals surface area contributed by atoms with E-state index in [0.717, 1.165) is 36.9 Å². The predicted molar refractivity (Wildman–Crippen MR) is 126 cm³/mol. The van der Waals surface area contributed by atoms with E-state index in [1.807, 2.05) is 12.3 Å². The Morgan fingerprint density at radius 3 is 2.42 bits per heavy atom. The fraction of sp³-hybridized carbons (Fsp3) is 0.333. The van der Waals surface area contributed by atoms with Crippen LogP contribution in [0, 0.1) is 5.92 Å². The van der Waals surface area contributed by atoms with Gasteiger partial charge in [-0.05, 0) is 47.1 Å². The number of nitrogens with zero attached hydrogens (tertiary/aromatic N) is 1. The Morgan fingerprint density at radius 1 is 1.03 bits per heavy atom. The molecule has 0 aliphatic heterocycles. The zero-order chi connectivity index (χ0) is 21.6. The van der Waals surface area contributed by atoms with Gasteiger partial charge in [-0.2, -0.15) is 0 Å². The van der Waals surface area contributed by atoms with Crippen LogP contribution in [0.5, 0.6) is 0 Å². The van der Waals surface area contributed by atoms with Crippen LogP contribution in [-0.2, 0) is 19.4 Å². The fourth-order valence-corrected chi connectivity index (χ4v) is 4.02. The SMILES string of the molecule is CC[C@H](C)CNC(=O)c1cncc(-c2ccc(CNC3Cc4ccccc4C3)cc2)c1. The number of carbonyl (C=O) groups is 1. The first-order valence-electron chi connectivity index (χ1n) is 11.2. The van der Waals surface area contributed by atoms with Crippen molar-refractivity contribution < 1.29 is 4.79 Å². The average Bonchev–Trinajstić information content (AvgIpc) is 3.24. The van der Waals surface area contributed by atoms with Crippen molar-refractivity contribution in [2.24, 2.45) is 5.92 Å². The van der Waals surface area contributed by atoms with E-state index in [4.69, 9.17) is 0 Å². The molecule has 3 aromatic rings. The first-order chi connectivity index (χ1) is 15.1. The molecule has 1 atom stereocenters. The second kappa shape index (κ2) is 9.88. The Morgan fingerprint density at radius 2 is 1.74 bits per heavy atom. The molecule has 0 saturated heterocycles. The molecule has 0 saturated carbocycles. The summed E-state index contributed by atoms with van der Waals surface area (Å²) in [7, 11) is 0. The van der Waals surface area contributed by atoms with Gasteiger partial charge in [-0.1, -0.05) is 68.8 Å². The van der Waals surface area contributed by atoms with E-state index < -0.39 is 0 Å². The van der Waals surface area contributed by atoms with Crippen LogP contribution in [0.15, 0.2) is 67.0 Å². The number of benzene rings is 2. The van der Waals surface area contributed by atoms with E-state index >= 15 is 0 Å². The maximum absolute atomic E-state index is 12.4. The van der Waals surface area contributed by atoms with Gasteiger partial charge >= 0.3 is 0 Å². The fourth-order valence-electron chi connectivity index (χ4n) is 4.02. The number of hydrogen-bond donors (Lipinski definition) is 2. The van der Waals surface area contributed by atoms with Crippen molar-refractivity contribution in [3.63, 3.8) is 0 Å². The normalized spacial score (nSPS) is 14.3. The quantitative estimate of drug-likeness (QED) is 0.559. The van der Waals surface area contributed by atoms with E-state index in [2.05, 4.69) is 78.0 Å². The summed E-state index contributed by atoms with van der Waals surface area (Å²) < 4.78 is 0. The average molecular weight is 414 g/mol. The molecular weight excluding hydrogens is 382 g/mol. The highest BCUT2D eigenvalue weighted by atomic mass is 16.1. The van der Waals surface area contributed by atoms with E-state index in [0.29, 0.717) is 24.1 Å². The minimum Gasteiger partial charge on any atom is -0.352 e. The lowest BCUT2D eigenvalue weighted by Gasteiger charge is -2.13. The molecule has 1 amide bonds. The van der Waals surface area contributed by atoms with Crippen molar-refractivity contribution in [2.75, 3.05) is 6.54 Å². The number of nitrogens with one attached hydrogen (secondary N) is 2. The molecule has 1 heterocycles. The number of fused-ring (bicyclic) bond motifs is 1. The molecule has 1 aliphatic carbocycles. The van der Waals surface area contributed by atoms with Crippen LogP contribution in [0.4, 0.5) is 0 Å². The maximum Gasteiger partial charge on any atom is 0.252 e. The van der Waals surface area contributed by atoms with Gasteiger partial charge in [0.2, 0.25) is 0 Å².